The average molecular weight is 978 g/mol. The quantitative estimate of drug-likeness (QED) is 0.0199. The Morgan fingerprint density at radius 2 is 0.557 bits per heavy atom. The van der Waals surface area contributed by atoms with Crippen molar-refractivity contribution in [1.82, 2.24) is 0 Å². The summed E-state index contributed by atoms with van der Waals surface area (Å²) in [6.45, 7) is 6.56. The Labute approximate surface area is 433 Å². The third kappa shape index (κ3) is 55.8. The maximum Gasteiger partial charge on any atom is 0.306 e. The molecule has 0 spiro atoms. The lowest BCUT2D eigenvalue weighted by atomic mass is 10.0. The minimum atomic E-state index is -0.790. The van der Waals surface area contributed by atoms with Crippen molar-refractivity contribution in [2.24, 2.45) is 0 Å². The van der Waals surface area contributed by atoms with Crippen LogP contribution in [0.2, 0.25) is 0 Å². The number of rotatable bonds is 54. The van der Waals surface area contributed by atoms with Crippen LogP contribution in [0.4, 0.5) is 0 Å². The van der Waals surface area contributed by atoms with Gasteiger partial charge in [-0.15, -0.1) is 0 Å². The molecular formula is C64H112O6. The summed E-state index contributed by atoms with van der Waals surface area (Å²) in [7, 11) is 0. The summed E-state index contributed by atoms with van der Waals surface area (Å²) in [6, 6.07) is 0. The van der Waals surface area contributed by atoms with E-state index in [1.54, 1.807) is 0 Å². The van der Waals surface area contributed by atoms with Crippen LogP contribution in [0, 0.1) is 0 Å². The average Bonchev–Trinajstić information content (AvgIpc) is 3.36. The smallest absolute Gasteiger partial charge is 0.306 e. The molecule has 0 N–H and O–H groups in total. The van der Waals surface area contributed by atoms with E-state index in [4.69, 9.17) is 14.2 Å². The van der Waals surface area contributed by atoms with Gasteiger partial charge in [0.15, 0.2) is 6.10 Å². The number of carbonyl (C=O) groups excluding carboxylic acids is 3. The Kier molecular flexibility index (Phi) is 55.8. The first-order chi connectivity index (χ1) is 34.5. The molecule has 0 saturated carbocycles. The Bertz CT molecular complexity index is 1310. The molecule has 0 fully saturated rings. The summed E-state index contributed by atoms with van der Waals surface area (Å²) >= 11 is 0. The molecule has 0 radical (unpaired) electrons. The summed E-state index contributed by atoms with van der Waals surface area (Å²) in [5.41, 5.74) is 0. The van der Waals surface area contributed by atoms with Crippen LogP contribution in [0.1, 0.15) is 297 Å². The van der Waals surface area contributed by atoms with Crippen molar-refractivity contribution in [2.75, 3.05) is 13.2 Å². The fourth-order valence-electron chi connectivity index (χ4n) is 8.53. The van der Waals surface area contributed by atoms with Crippen molar-refractivity contribution < 1.29 is 28.6 Å². The van der Waals surface area contributed by atoms with Gasteiger partial charge in [-0.2, -0.15) is 0 Å². The lowest BCUT2D eigenvalue weighted by Crippen LogP contribution is -2.30. The molecule has 0 aromatic rings. The van der Waals surface area contributed by atoms with Crippen LogP contribution in [0.15, 0.2) is 72.9 Å². The minimum Gasteiger partial charge on any atom is -0.462 e. The fourth-order valence-corrected chi connectivity index (χ4v) is 8.53. The molecule has 70 heavy (non-hydrogen) atoms. The summed E-state index contributed by atoms with van der Waals surface area (Å²) in [5, 5.41) is 0. The van der Waals surface area contributed by atoms with E-state index in [2.05, 4.69) is 69.4 Å². The van der Waals surface area contributed by atoms with Gasteiger partial charge in [-0.05, 0) is 64.2 Å². The molecule has 0 aromatic carbocycles. The van der Waals surface area contributed by atoms with Crippen LogP contribution in [0.3, 0.4) is 0 Å². The highest BCUT2D eigenvalue weighted by Crippen LogP contribution is 2.16. The SMILES string of the molecule is CCC\C=C/C=C\C=C/C=C\C=C/CCCCCCCC(=O)OCC(COC(=O)CCCCCCCCCCCCCCCCCC)OC(=O)CCCCCCC/C=C\CCCCCCCCCCC. The molecule has 0 bridgehead atoms. The zero-order chi connectivity index (χ0) is 50.7. The second-order valence-corrected chi connectivity index (χ2v) is 20.0. The highest BCUT2D eigenvalue weighted by Gasteiger charge is 2.19. The minimum absolute atomic E-state index is 0.0847. The second kappa shape index (κ2) is 58.4. The van der Waals surface area contributed by atoms with Gasteiger partial charge >= 0.3 is 17.9 Å². The molecule has 6 nitrogen and oxygen atoms in total. The van der Waals surface area contributed by atoms with Crippen molar-refractivity contribution >= 4 is 17.9 Å². The van der Waals surface area contributed by atoms with E-state index in [1.165, 1.54) is 161 Å². The number of hydrogen-bond donors (Lipinski definition) is 0. The van der Waals surface area contributed by atoms with Crippen molar-refractivity contribution in [3.8, 4) is 0 Å². The third-order valence-electron chi connectivity index (χ3n) is 13.0. The van der Waals surface area contributed by atoms with Crippen LogP contribution in [0.5, 0.6) is 0 Å². The lowest BCUT2D eigenvalue weighted by molar-refractivity contribution is -0.167. The zero-order valence-electron chi connectivity index (χ0n) is 46.3. The first kappa shape index (κ1) is 66.9. The molecule has 0 rings (SSSR count). The first-order valence-corrected chi connectivity index (χ1v) is 30.0. The van der Waals surface area contributed by atoms with Gasteiger partial charge in [0.2, 0.25) is 0 Å². The molecule has 6 heteroatoms. The third-order valence-corrected chi connectivity index (χ3v) is 13.0. The number of ether oxygens (including phenoxy) is 3. The molecule has 0 heterocycles. The summed E-state index contributed by atoms with van der Waals surface area (Å²) in [5.74, 6) is -0.906. The largest absolute Gasteiger partial charge is 0.462 e. The van der Waals surface area contributed by atoms with Gasteiger partial charge in [-0.25, -0.2) is 0 Å². The highest BCUT2D eigenvalue weighted by atomic mass is 16.6. The highest BCUT2D eigenvalue weighted by molar-refractivity contribution is 5.71. The molecule has 0 aliphatic carbocycles. The number of allylic oxidation sites excluding steroid dienone is 12. The molecular weight excluding hydrogens is 865 g/mol. The standard InChI is InChI=1S/C64H112O6/c1-4-7-10-13-16-19-22-25-28-31-33-36-39-42-45-48-51-54-57-63(66)69-60-61(59-68-62(65)56-53-50-47-44-41-38-35-30-27-24-21-18-15-12-9-6-3)70-64(67)58-55-52-49-46-43-40-37-34-32-29-26-23-20-17-14-11-8-5-2/h10,13,16,19,22,25,28,31,33-34,36-37,61H,4-9,11-12,14-15,17-18,20-21,23-24,26-27,29-30,32,35,38-60H2,1-3H3/b13-10-,19-16-,25-22-,31-28-,36-33-,37-34-. The lowest BCUT2D eigenvalue weighted by Gasteiger charge is -2.18. The molecule has 0 aliphatic rings. The van der Waals surface area contributed by atoms with Gasteiger partial charge in [0.1, 0.15) is 13.2 Å². The van der Waals surface area contributed by atoms with Gasteiger partial charge in [0, 0.05) is 19.3 Å². The Morgan fingerprint density at radius 1 is 0.286 bits per heavy atom. The Hall–Kier alpha value is -3.15. The van der Waals surface area contributed by atoms with Crippen molar-refractivity contribution in [2.45, 2.75) is 303 Å². The predicted molar refractivity (Wildman–Crippen MR) is 302 cm³/mol. The van der Waals surface area contributed by atoms with Gasteiger partial charge < -0.3 is 14.2 Å². The number of hydrogen-bond acceptors (Lipinski definition) is 6. The van der Waals surface area contributed by atoms with E-state index in [1.807, 2.05) is 24.3 Å². The van der Waals surface area contributed by atoms with Crippen LogP contribution in [0.25, 0.3) is 0 Å². The van der Waals surface area contributed by atoms with Gasteiger partial charge in [0.05, 0.1) is 0 Å². The van der Waals surface area contributed by atoms with E-state index >= 15 is 0 Å². The van der Waals surface area contributed by atoms with E-state index in [-0.39, 0.29) is 31.1 Å². The van der Waals surface area contributed by atoms with E-state index < -0.39 is 6.10 Å². The Balaban J connectivity index is 4.43. The number of carbonyl (C=O) groups is 3. The van der Waals surface area contributed by atoms with E-state index in [9.17, 15) is 14.4 Å². The van der Waals surface area contributed by atoms with Crippen molar-refractivity contribution in [3.63, 3.8) is 0 Å². The number of unbranched alkanes of at least 4 members (excludes halogenated alkanes) is 35. The van der Waals surface area contributed by atoms with Crippen molar-refractivity contribution in [3.05, 3.63) is 72.9 Å². The molecule has 1 unspecified atom stereocenters. The molecule has 0 amide bonds. The van der Waals surface area contributed by atoms with Crippen molar-refractivity contribution in [1.29, 1.82) is 0 Å². The molecule has 0 aromatic heterocycles. The molecule has 0 saturated heterocycles. The summed E-state index contributed by atoms with van der Waals surface area (Å²) < 4.78 is 16.9. The molecule has 1 atom stereocenters. The predicted octanol–water partition coefficient (Wildman–Crippen LogP) is 20.2. The molecule has 404 valence electrons. The zero-order valence-corrected chi connectivity index (χ0v) is 46.3. The number of esters is 3. The van der Waals surface area contributed by atoms with E-state index in [0.29, 0.717) is 19.3 Å². The normalized spacial score (nSPS) is 12.6. The van der Waals surface area contributed by atoms with Crippen LogP contribution in [-0.2, 0) is 28.6 Å². The van der Waals surface area contributed by atoms with Crippen LogP contribution >= 0.6 is 0 Å². The van der Waals surface area contributed by atoms with Crippen LogP contribution in [-0.4, -0.2) is 37.2 Å². The van der Waals surface area contributed by atoms with Gasteiger partial charge in [-0.1, -0.05) is 286 Å². The van der Waals surface area contributed by atoms with Gasteiger partial charge in [0.25, 0.3) is 0 Å². The first-order valence-electron chi connectivity index (χ1n) is 30.0. The monoisotopic (exact) mass is 977 g/mol. The summed E-state index contributed by atoms with van der Waals surface area (Å²) in [4.78, 5) is 38.2. The van der Waals surface area contributed by atoms with Gasteiger partial charge in [-0.3, -0.25) is 14.4 Å². The van der Waals surface area contributed by atoms with Crippen LogP contribution < -0.4 is 0 Å². The maximum atomic E-state index is 12.9. The second-order valence-electron chi connectivity index (χ2n) is 20.0. The van der Waals surface area contributed by atoms with E-state index in [0.717, 1.165) is 96.3 Å². The topological polar surface area (TPSA) is 78.9 Å². The maximum absolute atomic E-state index is 12.9. The summed E-state index contributed by atoms with van der Waals surface area (Å²) in [6.07, 6.45) is 74.6. The Morgan fingerprint density at radius 3 is 0.900 bits per heavy atom. The molecule has 0 aliphatic heterocycles. The fraction of sp³-hybridized carbons (Fsp3) is 0.766.